The number of hydrogen-bond donors (Lipinski definition) is 0. The zero-order valence-electron chi connectivity index (χ0n) is 29.3. The maximum atomic E-state index is 13.3. The molecule has 9 aromatic rings. The van der Waals surface area contributed by atoms with Crippen LogP contribution in [-0.4, -0.2) is 9.97 Å². The summed E-state index contributed by atoms with van der Waals surface area (Å²) in [5.41, 5.74) is 4.79. The number of nitrogens with zero attached hydrogens (tertiary/aromatic N) is 2. The molecule has 0 fully saturated rings. The fourth-order valence-corrected chi connectivity index (χ4v) is 6.27. The normalized spacial score (nSPS) is 12.6. The molecule has 0 N–H and O–H groups in total. The van der Waals surface area contributed by atoms with Gasteiger partial charge in [-0.3, -0.25) is 0 Å². The number of rotatable bonds is 4. The average Bonchev–Trinajstić information content (AvgIpc) is 3.74. The summed E-state index contributed by atoms with van der Waals surface area (Å²) < 4.78 is 69.3. The van der Waals surface area contributed by atoms with E-state index in [0.717, 1.165) is 50.3 Å². The molecule has 0 saturated carbocycles. The molecule has 0 saturated heterocycles. The second kappa shape index (κ2) is 13.8. The van der Waals surface area contributed by atoms with Crippen LogP contribution in [0, 0.1) is 18.1 Å². The molecule has 4 heterocycles. The Morgan fingerprint density at radius 2 is 1.33 bits per heavy atom. The molecule has 0 unspecified atom stereocenters. The van der Waals surface area contributed by atoms with E-state index in [4.69, 9.17) is 11.6 Å². The van der Waals surface area contributed by atoms with Crippen molar-refractivity contribution >= 4 is 54.6 Å². The van der Waals surface area contributed by atoms with Gasteiger partial charge in [0.2, 0.25) is 0 Å². The quantitative estimate of drug-likeness (QED) is 0.166. The van der Waals surface area contributed by atoms with Crippen LogP contribution in [0.2, 0.25) is 0 Å². The van der Waals surface area contributed by atoms with Gasteiger partial charge < -0.3 is 18.8 Å². The Kier molecular flexibility index (Phi) is 8.56. The SMILES string of the molecule is [2H]C([2H])(c1ccnc(-c2[c-]ccc3c2oc2c3ccc3c2ccc2c4ccc(C(F)(F)F)cc4oc23)c1)C(C)C.[Ir].[c-]1ccccc1-c1ccccn1. The number of hydrogen-bond acceptors (Lipinski definition) is 4. The van der Waals surface area contributed by atoms with Gasteiger partial charge in [-0.1, -0.05) is 54.6 Å². The van der Waals surface area contributed by atoms with Gasteiger partial charge in [-0.25, -0.2) is 0 Å². The van der Waals surface area contributed by atoms with Gasteiger partial charge in [0, 0.05) is 62.2 Å². The molecule has 0 aliphatic carbocycles. The number of benzene rings is 5. The van der Waals surface area contributed by atoms with E-state index < -0.39 is 18.1 Å². The summed E-state index contributed by atoms with van der Waals surface area (Å²) in [7, 11) is 0. The summed E-state index contributed by atoms with van der Waals surface area (Å²) in [6.07, 6.45) is -2.61. The van der Waals surface area contributed by atoms with E-state index in [-0.39, 0.29) is 31.6 Å². The van der Waals surface area contributed by atoms with Gasteiger partial charge in [0.25, 0.3) is 0 Å². The van der Waals surface area contributed by atoms with Gasteiger partial charge in [-0.05, 0) is 72.2 Å². The third kappa shape index (κ3) is 6.53. The topological polar surface area (TPSA) is 52.1 Å². The molecule has 0 aliphatic rings. The van der Waals surface area contributed by atoms with Crippen LogP contribution in [0.5, 0.6) is 0 Å². The van der Waals surface area contributed by atoms with Crippen LogP contribution >= 0.6 is 0 Å². The first kappa shape index (κ1) is 31.7. The fourth-order valence-electron chi connectivity index (χ4n) is 6.27. The van der Waals surface area contributed by atoms with Crippen molar-refractivity contribution in [2.45, 2.75) is 26.4 Å². The van der Waals surface area contributed by atoms with Crippen molar-refractivity contribution in [1.29, 1.82) is 0 Å². The standard InChI is InChI=1S/C32H21F3NO2.C11H8N.Ir/c1-17(2)14-18-12-13-36-27(15-18)26-5-3-4-21-23-10-11-24-25(30(23)38-31(21)26)9-8-22-20-7-6-19(32(33,34)35)16-28(20)37-29(22)24;1-2-6-10(7-3-1)11-8-4-5-9-12-11;/h3-4,6-13,15-17H,14H2,1-2H3;1-6,8-9H;/q2*-1;/i14D2;;. The van der Waals surface area contributed by atoms with Crippen molar-refractivity contribution in [1.82, 2.24) is 9.97 Å². The van der Waals surface area contributed by atoms with Crippen LogP contribution in [0.15, 0.2) is 130 Å². The van der Waals surface area contributed by atoms with Crippen LogP contribution in [0.1, 0.15) is 27.7 Å². The second-order valence-electron chi connectivity index (χ2n) is 12.2. The van der Waals surface area contributed by atoms with Crippen LogP contribution in [-0.2, 0) is 32.7 Å². The zero-order valence-corrected chi connectivity index (χ0v) is 29.7. The maximum Gasteiger partial charge on any atom is 0.416 e. The summed E-state index contributed by atoms with van der Waals surface area (Å²) in [4.78, 5) is 8.72. The zero-order chi connectivity index (χ0) is 36.2. The van der Waals surface area contributed by atoms with E-state index in [9.17, 15) is 13.2 Å². The number of furan rings is 2. The predicted molar refractivity (Wildman–Crippen MR) is 193 cm³/mol. The minimum atomic E-state index is -4.46. The Hall–Kier alpha value is -5.30. The van der Waals surface area contributed by atoms with Gasteiger partial charge in [-0.2, -0.15) is 13.2 Å². The Morgan fingerprint density at radius 3 is 2.00 bits per heavy atom. The molecule has 5 aromatic carbocycles. The van der Waals surface area contributed by atoms with Crippen molar-refractivity contribution in [2.75, 3.05) is 0 Å². The number of aromatic nitrogens is 2. The van der Waals surface area contributed by atoms with Gasteiger partial charge in [0.1, 0.15) is 16.7 Å². The minimum Gasteiger partial charge on any atom is -0.500 e. The fraction of sp³-hybridized carbons (Fsp3) is 0.116. The monoisotopic (exact) mass is 857 g/mol. The van der Waals surface area contributed by atoms with Crippen LogP contribution in [0.25, 0.3) is 77.2 Å². The Morgan fingerprint density at radius 1 is 0.667 bits per heavy atom. The van der Waals surface area contributed by atoms with Crippen molar-refractivity contribution in [2.24, 2.45) is 5.92 Å². The molecule has 4 aromatic heterocycles. The summed E-state index contributed by atoms with van der Waals surface area (Å²) in [6, 6.07) is 38.3. The van der Waals surface area contributed by atoms with Gasteiger partial charge >= 0.3 is 6.18 Å². The summed E-state index contributed by atoms with van der Waals surface area (Å²) in [5.74, 6) is -0.227. The smallest absolute Gasteiger partial charge is 0.416 e. The van der Waals surface area contributed by atoms with Crippen molar-refractivity contribution < 1.29 is 44.9 Å². The van der Waals surface area contributed by atoms with Crippen LogP contribution in [0.3, 0.4) is 0 Å². The third-order valence-corrected chi connectivity index (χ3v) is 8.48. The molecule has 0 aliphatic heterocycles. The molecule has 1 radical (unpaired) electrons. The van der Waals surface area contributed by atoms with Gasteiger partial charge in [-0.15, -0.1) is 54.1 Å². The summed E-state index contributed by atoms with van der Waals surface area (Å²) in [5, 5.41) is 4.54. The molecular formula is C43H29F3IrN2O2-2. The molecule has 0 bridgehead atoms. The maximum absolute atomic E-state index is 13.3. The first-order valence-corrected chi connectivity index (χ1v) is 16.1. The molecular weight excluding hydrogens is 826 g/mol. The molecule has 0 spiro atoms. The van der Waals surface area contributed by atoms with E-state index in [1.54, 1.807) is 30.6 Å². The summed E-state index contributed by atoms with van der Waals surface area (Å²) in [6.45, 7) is 3.68. The Labute approximate surface area is 308 Å². The van der Waals surface area contributed by atoms with E-state index in [0.29, 0.717) is 39.0 Å². The van der Waals surface area contributed by atoms with Crippen molar-refractivity contribution in [3.8, 4) is 22.5 Å². The molecule has 0 atom stereocenters. The van der Waals surface area contributed by atoms with Crippen molar-refractivity contribution in [3.05, 3.63) is 145 Å². The summed E-state index contributed by atoms with van der Waals surface area (Å²) >= 11 is 0. The van der Waals surface area contributed by atoms with Crippen LogP contribution in [0.4, 0.5) is 13.2 Å². The van der Waals surface area contributed by atoms with E-state index in [1.165, 1.54) is 6.07 Å². The Balaban J connectivity index is 0.000000284. The molecule has 9 rings (SSSR count). The number of halogens is 3. The minimum absolute atomic E-state index is 0. The third-order valence-electron chi connectivity index (χ3n) is 8.48. The van der Waals surface area contributed by atoms with E-state index in [1.807, 2.05) is 86.6 Å². The first-order valence-electron chi connectivity index (χ1n) is 17.1. The van der Waals surface area contributed by atoms with Gasteiger partial charge in [0.05, 0.1) is 11.1 Å². The van der Waals surface area contributed by atoms with Crippen molar-refractivity contribution in [3.63, 3.8) is 0 Å². The molecule has 51 heavy (non-hydrogen) atoms. The molecule has 4 nitrogen and oxygen atoms in total. The number of pyridine rings is 2. The number of alkyl halides is 3. The van der Waals surface area contributed by atoms with Crippen LogP contribution < -0.4 is 0 Å². The Bertz CT molecular complexity index is 2710. The van der Waals surface area contributed by atoms with E-state index >= 15 is 0 Å². The molecule has 8 heteroatoms. The predicted octanol–water partition coefficient (Wildman–Crippen LogP) is 12.3. The second-order valence-corrected chi connectivity index (χ2v) is 12.2. The molecule has 255 valence electrons. The largest absolute Gasteiger partial charge is 0.500 e. The first-order chi connectivity index (χ1) is 25.0. The molecule has 0 amide bonds. The van der Waals surface area contributed by atoms with E-state index in [2.05, 4.69) is 22.1 Å². The average molecular weight is 857 g/mol. The number of fused-ring (bicyclic) bond motifs is 9. The van der Waals surface area contributed by atoms with Gasteiger partial charge in [0.15, 0.2) is 0 Å².